The van der Waals surface area contributed by atoms with E-state index in [4.69, 9.17) is 14.7 Å². The van der Waals surface area contributed by atoms with Crippen LogP contribution in [0.1, 0.15) is 56.2 Å². The van der Waals surface area contributed by atoms with Crippen molar-refractivity contribution in [3.05, 3.63) is 58.9 Å². The molecule has 1 saturated heterocycles. The molecule has 1 heterocycles. The summed E-state index contributed by atoms with van der Waals surface area (Å²) in [6.07, 6.45) is 1.42. The van der Waals surface area contributed by atoms with Crippen molar-refractivity contribution < 1.29 is 19.1 Å². The summed E-state index contributed by atoms with van der Waals surface area (Å²) in [5.41, 5.74) is 2.96. The summed E-state index contributed by atoms with van der Waals surface area (Å²) >= 11 is 1.52. The molecule has 1 fully saturated rings. The molecule has 29 heavy (non-hydrogen) atoms. The zero-order valence-electron chi connectivity index (χ0n) is 17.4. The van der Waals surface area contributed by atoms with E-state index in [9.17, 15) is 4.39 Å². The molecule has 3 rings (SSSR count). The summed E-state index contributed by atoms with van der Waals surface area (Å²) < 4.78 is 25.8. The van der Waals surface area contributed by atoms with E-state index < -0.39 is 5.60 Å². The third-order valence-corrected chi connectivity index (χ3v) is 6.47. The zero-order chi connectivity index (χ0) is 21.0. The monoisotopic (exact) mass is 417 g/mol. The lowest BCUT2D eigenvalue weighted by atomic mass is 9.86. The van der Waals surface area contributed by atoms with Gasteiger partial charge in [-0.2, -0.15) is 0 Å². The highest BCUT2D eigenvalue weighted by Crippen LogP contribution is 2.39. The fourth-order valence-electron chi connectivity index (χ4n) is 3.80. The van der Waals surface area contributed by atoms with Crippen LogP contribution in [0.3, 0.4) is 0 Å². The minimum absolute atomic E-state index is 0.267. The van der Waals surface area contributed by atoms with Crippen molar-refractivity contribution in [3.63, 3.8) is 0 Å². The number of benzene rings is 2. The van der Waals surface area contributed by atoms with E-state index in [1.807, 2.05) is 18.2 Å². The molecule has 0 spiro atoms. The molecule has 0 saturated carbocycles. The Bertz CT molecular complexity index is 892. The Morgan fingerprint density at radius 1 is 1.17 bits per heavy atom. The van der Waals surface area contributed by atoms with E-state index in [0.29, 0.717) is 31.8 Å². The van der Waals surface area contributed by atoms with Crippen molar-refractivity contribution in [1.82, 2.24) is 0 Å². The van der Waals surface area contributed by atoms with Crippen molar-refractivity contribution in [1.29, 1.82) is 0 Å². The number of hydrogen-bond donors (Lipinski definition) is 1. The van der Waals surface area contributed by atoms with Gasteiger partial charge in [-0.05, 0) is 54.3 Å². The lowest BCUT2D eigenvalue weighted by Gasteiger charge is -2.36. The van der Waals surface area contributed by atoms with E-state index >= 15 is 0 Å². The molecule has 2 aromatic rings. The average Bonchev–Trinajstić information content (AvgIpc) is 2.73. The summed E-state index contributed by atoms with van der Waals surface area (Å²) in [6.45, 7) is 7.21. The first-order valence-electron chi connectivity index (χ1n) is 9.83. The van der Waals surface area contributed by atoms with Gasteiger partial charge in [-0.15, -0.1) is 0 Å². The normalized spacial score (nSPS) is 17.0. The Kier molecular flexibility index (Phi) is 6.98. The molecular weight excluding hydrogens is 389 g/mol. The lowest BCUT2D eigenvalue weighted by Crippen LogP contribution is -2.35. The number of hydrogen-bond acceptors (Lipinski definition) is 5. The highest BCUT2D eigenvalue weighted by atomic mass is 32.2. The summed E-state index contributed by atoms with van der Waals surface area (Å²) in [5, 5.41) is 12.5. The van der Waals surface area contributed by atoms with Crippen LogP contribution in [0.25, 0.3) is 0 Å². The molecular formula is C23H28FNO3S. The second-order valence-electron chi connectivity index (χ2n) is 7.68. The zero-order valence-corrected chi connectivity index (χ0v) is 18.2. The summed E-state index contributed by atoms with van der Waals surface area (Å²) in [6, 6.07) is 11.2. The molecule has 1 N–H and O–H groups in total. The largest absolute Gasteiger partial charge is 0.411 e. The van der Waals surface area contributed by atoms with Crippen molar-refractivity contribution >= 4 is 17.5 Å². The maximum atomic E-state index is 14.5. The SMILES string of the molecule is COC1(c2cc(F)cc(Sc3ccc(/C(C)=N/O)c(C(C)C)c3)c2)CCOCC1. The number of ether oxygens (including phenoxy) is 2. The first-order chi connectivity index (χ1) is 13.9. The Morgan fingerprint density at radius 2 is 1.90 bits per heavy atom. The second-order valence-corrected chi connectivity index (χ2v) is 8.82. The topological polar surface area (TPSA) is 51.0 Å². The van der Waals surface area contributed by atoms with Crippen LogP contribution in [0.4, 0.5) is 4.39 Å². The molecule has 0 atom stereocenters. The van der Waals surface area contributed by atoms with Gasteiger partial charge in [-0.25, -0.2) is 4.39 Å². The van der Waals surface area contributed by atoms with Crippen molar-refractivity contribution in [2.45, 2.75) is 54.9 Å². The van der Waals surface area contributed by atoms with Gasteiger partial charge in [0.15, 0.2) is 0 Å². The molecule has 0 unspecified atom stereocenters. The van der Waals surface area contributed by atoms with Crippen molar-refractivity contribution in [2.24, 2.45) is 5.16 Å². The number of nitrogens with zero attached hydrogens (tertiary/aromatic N) is 1. The molecule has 4 nitrogen and oxygen atoms in total. The van der Waals surface area contributed by atoms with Gasteiger partial charge in [0.25, 0.3) is 0 Å². The number of rotatable bonds is 6. The van der Waals surface area contributed by atoms with Crippen LogP contribution in [-0.2, 0) is 15.1 Å². The number of oxime groups is 1. The molecule has 1 aliphatic rings. The molecule has 0 aliphatic carbocycles. The van der Waals surface area contributed by atoms with Gasteiger partial charge in [0.1, 0.15) is 5.82 Å². The second kappa shape index (κ2) is 9.28. The van der Waals surface area contributed by atoms with Gasteiger partial charge in [0.05, 0.1) is 11.3 Å². The Balaban J connectivity index is 1.94. The summed E-state index contributed by atoms with van der Waals surface area (Å²) in [7, 11) is 1.68. The van der Waals surface area contributed by atoms with E-state index in [2.05, 4.69) is 25.1 Å². The molecule has 0 bridgehead atoms. The minimum atomic E-state index is -0.503. The smallest absolute Gasteiger partial charge is 0.124 e. The maximum absolute atomic E-state index is 14.5. The molecule has 0 radical (unpaired) electrons. The maximum Gasteiger partial charge on any atom is 0.124 e. The first-order valence-corrected chi connectivity index (χ1v) is 10.6. The molecule has 1 aliphatic heterocycles. The highest BCUT2D eigenvalue weighted by molar-refractivity contribution is 7.99. The lowest BCUT2D eigenvalue weighted by molar-refractivity contribution is -0.0950. The Hall–Kier alpha value is -1.89. The number of halogens is 1. The predicted molar refractivity (Wildman–Crippen MR) is 114 cm³/mol. The van der Waals surface area contributed by atoms with Crippen LogP contribution >= 0.6 is 11.8 Å². The average molecular weight is 418 g/mol. The van der Waals surface area contributed by atoms with Crippen molar-refractivity contribution in [3.8, 4) is 0 Å². The van der Waals surface area contributed by atoms with Gasteiger partial charge in [-0.1, -0.05) is 36.8 Å². The van der Waals surface area contributed by atoms with Crippen molar-refractivity contribution in [2.75, 3.05) is 20.3 Å². The van der Waals surface area contributed by atoms with Gasteiger partial charge < -0.3 is 14.7 Å². The van der Waals surface area contributed by atoms with Crippen LogP contribution in [0.2, 0.25) is 0 Å². The Morgan fingerprint density at radius 3 is 2.52 bits per heavy atom. The van der Waals surface area contributed by atoms with Crippen LogP contribution in [0.5, 0.6) is 0 Å². The minimum Gasteiger partial charge on any atom is -0.411 e. The summed E-state index contributed by atoms with van der Waals surface area (Å²) in [4.78, 5) is 1.84. The van der Waals surface area contributed by atoms with E-state index in [1.165, 1.54) is 11.8 Å². The fraction of sp³-hybridized carbons (Fsp3) is 0.435. The van der Waals surface area contributed by atoms with E-state index in [-0.39, 0.29) is 11.7 Å². The van der Waals surface area contributed by atoms with E-state index in [1.54, 1.807) is 26.2 Å². The molecule has 2 aromatic carbocycles. The first kappa shape index (κ1) is 21.8. The van der Waals surface area contributed by atoms with E-state index in [0.717, 1.165) is 26.5 Å². The predicted octanol–water partition coefficient (Wildman–Crippen LogP) is 5.95. The van der Waals surface area contributed by atoms with Crippen LogP contribution in [0, 0.1) is 5.82 Å². The van der Waals surface area contributed by atoms with Crippen LogP contribution in [-0.4, -0.2) is 31.2 Å². The third kappa shape index (κ3) is 4.82. The quantitative estimate of drug-likeness (QED) is 0.358. The molecule has 6 heteroatoms. The summed E-state index contributed by atoms with van der Waals surface area (Å²) in [5.74, 6) is 0.00111. The molecule has 0 aromatic heterocycles. The highest BCUT2D eigenvalue weighted by Gasteiger charge is 2.35. The van der Waals surface area contributed by atoms with Crippen LogP contribution in [0.15, 0.2) is 51.3 Å². The van der Waals surface area contributed by atoms with Gasteiger partial charge >= 0.3 is 0 Å². The third-order valence-electron chi connectivity index (χ3n) is 5.51. The fourth-order valence-corrected chi connectivity index (χ4v) is 4.75. The van der Waals surface area contributed by atoms with Crippen LogP contribution < -0.4 is 0 Å². The van der Waals surface area contributed by atoms with Gasteiger partial charge in [0, 0.05) is 48.5 Å². The Labute approximate surface area is 176 Å². The standard InChI is InChI=1S/C23H28FNO3S/c1-15(2)22-14-19(5-6-21(22)16(3)25-26)29-20-12-17(11-18(24)13-20)23(27-4)7-9-28-10-8-23/h5-6,11-15,26H,7-10H2,1-4H3/b25-16+. The molecule has 0 amide bonds. The van der Waals surface area contributed by atoms with Gasteiger partial charge in [0.2, 0.25) is 0 Å². The number of methoxy groups -OCH3 is 1. The van der Waals surface area contributed by atoms with Gasteiger partial charge in [-0.3, -0.25) is 0 Å². The molecule has 156 valence electrons.